The van der Waals surface area contributed by atoms with E-state index in [1.165, 1.54) is 30.5 Å². The summed E-state index contributed by atoms with van der Waals surface area (Å²) in [5.74, 6) is 0.904. The van der Waals surface area contributed by atoms with Gasteiger partial charge in [0.25, 0.3) is 0 Å². The maximum Gasteiger partial charge on any atom is 0.303 e. The van der Waals surface area contributed by atoms with Crippen molar-refractivity contribution in [1.82, 2.24) is 9.97 Å². The van der Waals surface area contributed by atoms with Crippen LogP contribution in [0.1, 0.15) is 49.8 Å². The minimum absolute atomic E-state index is 0.278. The van der Waals surface area contributed by atoms with Crippen LogP contribution in [0.3, 0.4) is 0 Å². The second kappa shape index (κ2) is 6.41. The van der Waals surface area contributed by atoms with Gasteiger partial charge in [-0.3, -0.25) is 4.79 Å². The molecule has 1 fully saturated rings. The third kappa shape index (κ3) is 3.34. The summed E-state index contributed by atoms with van der Waals surface area (Å²) in [5, 5.41) is 8.81. The standard InChI is InChI=1S/C16H23N3O2/c20-15(21)7-6-12-8-9-19(10-12)16-13-4-2-1-3-5-14(13)17-11-18-16/h11-12H,1-10H2,(H,20,21). The first-order valence-corrected chi connectivity index (χ1v) is 8.03. The van der Waals surface area contributed by atoms with Crippen LogP contribution in [0.5, 0.6) is 0 Å². The van der Waals surface area contributed by atoms with E-state index < -0.39 is 5.97 Å². The quantitative estimate of drug-likeness (QED) is 0.862. The van der Waals surface area contributed by atoms with Gasteiger partial charge in [-0.15, -0.1) is 0 Å². The molecule has 0 spiro atoms. The second-order valence-corrected chi connectivity index (χ2v) is 6.22. The number of aliphatic carboxylic acids is 1. The molecule has 0 saturated carbocycles. The first-order valence-electron chi connectivity index (χ1n) is 8.03. The number of aromatic nitrogens is 2. The van der Waals surface area contributed by atoms with E-state index in [2.05, 4.69) is 14.9 Å². The molecule has 5 nitrogen and oxygen atoms in total. The van der Waals surface area contributed by atoms with Crippen LogP contribution >= 0.6 is 0 Å². The molecular formula is C16H23N3O2. The topological polar surface area (TPSA) is 66.3 Å². The lowest BCUT2D eigenvalue weighted by molar-refractivity contribution is -0.137. The Kier molecular flexibility index (Phi) is 4.36. The summed E-state index contributed by atoms with van der Waals surface area (Å²) in [7, 11) is 0. The molecule has 2 aliphatic rings. The molecule has 0 bridgehead atoms. The number of rotatable bonds is 4. The van der Waals surface area contributed by atoms with Crippen LogP contribution in [0.4, 0.5) is 5.82 Å². The van der Waals surface area contributed by atoms with E-state index in [0.717, 1.165) is 44.6 Å². The molecule has 21 heavy (non-hydrogen) atoms. The zero-order chi connectivity index (χ0) is 14.7. The Morgan fingerprint density at radius 1 is 1.29 bits per heavy atom. The molecule has 2 heterocycles. The Hall–Kier alpha value is -1.65. The number of anilines is 1. The predicted molar refractivity (Wildman–Crippen MR) is 80.5 cm³/mol. The van der Waals surface area contributed by atoms with Crippen molar-refractivity contribution in [2.24, 2.45) is 5.92 Å². The highest BCUT2D eigenvalue weighted by Gasteiger charge is 2.27. The van der Waals surface area contributed by atoms with Gasteiger partial charge in [0.05, 0.1) is 0 Å². The SMILES string of the molecule is O=C(O)CCC1CCN(c2ncnc3c2CCCCC3)C1. The van der Waals surface area contributed by atoms with E-state index in [1.807, 2.05) is 0 Å². The highest BCUT2D eigenvalue weighted by Crippen LogP contribution is 2.31. The lowest BCUT2D eigenvalue weighted by atomic mass is 10.0. The summed E-state index contributed by atoms with van der Waals surface area (Å²) >= 11 is 0. The maximum atomic E-state index is 10.7. The van der Waals surface area contributed by atoms with Crippen LogP contribution in [0.15, 0.2) is 6.33 Å². The fraction of sp³-hybridized carbons (Fsp3) is 0.688. The van der Waals surface area contributed by atoms with Gasteiger partial charge >= 0.3 is 5.97 Å². The molecular weight excluding hydrogens is 266 g/mol. The van der Waals surface area contributed by atoms with Crippen molar-refractivity contribution in [3.05, 3.63) is 17.6 Å². The fourth-order valence-electron chi connectivity index (χ4n) is 3.54. The molecule has 114 valence electrons. The second-order valence-electron chi connectivity index (χ2n) is 6.22. The zero-order valence-electron chi connectivity index (χ0n) is 12.4. The number of carbonyl (C=O) groups is 1. The summed E-state index contributed by atoms with van der Waals surface area (Å²) in [6, 6.07) is 0. The molecule has 3 rings (SSSR count). The Labute approximate surface area is 125 Å². The van der Waals surface area contributed by atoms with Crippen LogP contribution in [-0.2, 0) is 17.6 Å². The van der Waals surface area contributed by atoms with Crippen molar-refractivity contribution >= 4 is 11.8 Å². The smallest absolute Gasteiger partial charge is 0.303 e. The predicted octanol–water partition coefficient (Wildman–Crippen LogP) is 2.44. The van der Waals surface area contributed by atoms with Crippen molar-refractivity contribution < 1.29 is 9.90 Å². The summed E-state index contributed by atoms with van der Waals surface area (Å²) in [6.07, 6.45) is 9.71. The molecule has 1 atom stereocenters. The van der Waals surface area contributed by atoms with Crippen LogP contribution < -0.4 is 4.90 Å². The van der Waals surface area contributed by atoms with Crippen molar-refractivity contribution in [2.45, 2.75) is 51.4 Å². The van der Waals surface area contributed by atoms with Gasteiger partial charge in [-0.25, -0.2) is 9.97 Å². The Bertz CT molecular complexity index is 518. The van der Waals surface area contributed by atoms with Gasteiger partial charge in [-0.2, -0.15) is 0 Å². The number of hydrogen-bond acceptors (Lipinski definition) is 4. The summed E-state index contributed by atoms with van der Waals surface area (Å²) < 4.78 is 0. The first kappa shape index (κ1) is 14.3. The normalized spacial score (nSPS) is 21.9. The number of fused-ring (bicyclic) bond motifs is 1. The van der Waals surface area contributed by atoms with Crippen molar-refractivity contribution in [1.29, 1.82) is 0 Å². The number of aryl methyl sites for hydroxylation is 1. The average Bonchev–Trinajstić information content (AvgIpc) is 2.81. The van der Waals surface area contributed by atoms with Gasteiger partial charge in [-0.05, 0) is 44.4 Å². The van der Waals surface area contributed by atoms with E-state index in [0.29, 0.717) is 5.92 Å². The Balaban J connectivity index is 1.71. The maximum absolute atomic E-state index is 10.7. The van der Waals surface area contributed by atoms with Gasteiger partial charge in [0.2, 0.25) is 0 Å². The van der Waals surface area contributed by atoms with Gasteiger partial charge in [-0.1, -0.05) is 6.42 Å². The largest absolute Gasteiger partial charge is 0.481 e. The molecule has 1 unspecified atom stereocenters. The summed E-state index contributed by atoms with van der Waals surface area (Å²) in [5.41, 5.74) is 2.57. The average molecular weight is 289 g/mol. The molecule has 0 radical (unpaired) electrons. The zero-order valence-corrected chi connectivity index (χ0v) is 12.4. The highest BCUT2D eigenvalue weighted by atomic mass is 16.4. The van der Waals surface area contributed by atoms with Crippen LogP contribution in [-0.4, -0.2) is 34.1 Å². The summed E-state index contributed by atoms with van der Waals surface area (Å²) in [4.78, 5) is 22.1. The van der Waals surface area contributed by atoms with Gasteiger partial charge in [0.15, 0.2) is 0 Å². The molecule has 1 N–H and O–H groups in total. The van der Waals surface area contributed by atoms with E-state index in [9.17, 15) is 4.79 Å². The number of hydrogen-bond donors (Lipinski definition) is 1. The lowest BCUT2D eigenvalue weighted by Crippen LogP contribution is -2.23. The molecule has 1 aromatic heterocycles. The molecule has 5 heteroatoms. The first-order chi connectivity index (χ1) is 10.2. The van der Waals surface area contributed by atoms with Gasteiger partial charge in [0.1, 0.15) is 12.1 Å². The molecule has 1 aliphatic heterocycles. The number of carboxylic acid groups (broad SMARTS) is 1. The third-order valence-electron chi connectivity index (χ3n) is 4.70. The Morgan fingerprint density at radius 3 is 3.00 bits per heavy atom. The fourth-order valence-corrected chi connectivity index (χ4v) is 3.54. The molecule has 1 saturated heterocycles. The van der Waals surface area contributed by atoms with Gasteiger partial charge in [0, 0.05) is 30.8 Å². The van der Waals surface area contributed by atoms with Crippen molar-refractivity contribution in [3.63, 3.8) is 0 Å². The monoisotopic (exact) mass is 289 g/mol. The lowest BCUT2D eigenvalue weighted by Gasteiger charge is -2.21. The van der Waals surface area contributed by atoms with Crippen LogP contribution in [0.2, 0.25) is 0 Å². The van der Waals surface area contributed by atoms with Crippen molar-refractivity contribution in [2.75, 3.05) is 18.0 Å². The molecule has 0 amide bonds. The Morgan fingerprint density at radius 2 is 2.14 bits per heavy atom. The van der Waals surface area contributed by atoms with Crippen molar-refractivity contribution in [3.8, 4) is 0 Å². The van der Waals surface area contributed by atoms with E-state index >= 15 is 0 Å². The minimum Gasteiger partial charge on any atom is -0.481 e. The minimum atomic E-state index is -0.690. The molecule has 1 aromatic rings. The summed E-state index contributed by atoms with van der Waals surface area (Å²) in [6.45, 7) is 1.93. The van der Waals surface area contributed by atoms with Crippen LogP contribution in [0.25, 0.3) is 0 Å². The van der Waals surface area contributed by atoms with E-state index in [1.54, 1.807) is 6.33 Å². The van der Waals surface area contributed by atoms with E-state index in [4.69, 9.17) is 5.11 Å². The molecule has 1 aliphatic carbocycles. The van der Waals surface area contributed by atoms with E-state index in [-0.39, 0.29) is 6.42 Å². The molecule has 0 aromatic carbocycles. The highest BCUT2D eigenvalue weighted by molar-refractivity contribution is 5.66. The third-order valence-corrected chi connectivity index (χ3v) is 4.70. The number of carboxylic acids is 1. The number of nitrogens with zero attached hydrogens (tertiary/aromatic N) is 3. The van der Waals surface area contributed by atoms with Gasteiger partial charge < -0.3 is 10.0 Å². The van der Waals surface area contributed by atoms with Crippen LogP contribution in [0, 0.1) is 5.92 Å².